The van der Waals surface area contributed by atoms with Crippen LogP contribution in [0.4, 0.5) is 0 Å². The highest BCUT2D eigenvalue weighted by atomic mass is 32.1. The molecule has 1 nitrogen and oxygen atoms in total. The van der Waals surface area contributed by atoms with E-state index in [1.54, 1.807) is 0 Å². The second kappa shape index (κ2) is 5.83. The number of nitrogens with one attached hydrogen (secondary N) is 1. The minimum atomic E-state index is 0.531. The van der Waals surface area contributed by atoms with E-state index in [4.69, 9.17) is 0 Å². The molecule has 1 saturated carbocycles. The normalized spacial score (nSPS) is 27.9. The lowest BCUT2D eigenvalue weighted by Crippen LogP contribution is -2.34. The summed E-state index contributed by atoms with van der Waals surface area (Å²) in [6.07, 6.45) is 6.95. The van der Waals surface area contributed by atoms with Gasteiger partial charge in [-0.2, -0.15) is 0 Å². The van der Waals surface area contributed by atoms with Crippen LogP contribution in [-0.2, 0) is 0 Å². The SMILES string of the molecule is CCC1CCC(NC(C)c2cccs2)CC1. The third-order valence-corrected chi connectivity index (χ3v) is 4.93. The van der Waals surface area contributed by atoms with Crippen molar-refractivity contribution in [3.8, 4) is 0 Å². The van der Waals surface area contributed by atoms with E-state index < -0.39 is 0 Å². The van der Waals surface area contributed by atoms with Crippen molar-refractivity contribution in [3.63, 3.8) is 0 Å². The topological polar surface area (TPSA) is 12.0 Å². The highest BCUT2D eigenvalue weighted by molar-refractivity contribution is 7.10. The van der Waals surface area contributed by atoms with Gasteiger partial charge in [-0.25, -0.2) is 0 Å². The summed E-state index contributed by atoms with van der Waals surface area (Å²) in [5.41, 5.74) is 0. The second-order valence-electron chi connectivity index (χ2n) is 5.03. The molecule has 0 aliphatic heterocycles. The fourth-order valence-electron chi connectivity index (χ4n) is 2.71. The van der Waals surface area contributed by atoms with Gasteiger partial charge in [-0.15, -0.1) is 11.3 Å². The molecule has 16 heavy (non-hydrogen) atoms. The molecule has 1 aliphatic rings. The van der Waals surface area contributed by atoms with E-state index in [-0.39, 0.29) is 0 Å². The van der Waals surface area contributed by atoms with E-state index >= 15 is 0 Å². The Morgan fingerprint density at radius 1 is 1.38 bits per heavy atom. The van der Waals surface area contributed by atoms with Gasteiger partial charge in [-0.3, -0.25) is 0 Å². The van der Waals surface area contributed by atoms with Gasteiger partial charge >= 0.3 is 0 Å². The minimum absolute atomic E-state index is 0.531. The molecule has 2 rings (SSSR count). The molecule has 0 bridgehead atoms. The van der Waals surface area contributed by atoms with Crippen molar-refractivity contribution in [2.24, 2.45) is 5.92 Å². The van der Waals surface area contributed by atoms with E-state index in [9.17, 15) is 0 Å². The summed E-state index contributed by atoms with van der Waals surface area (Å²) in [5.74, 6) is 0.995. The van der Waals surface area contributed by atoms with Gasteiger partial charge in [0, 0.05) is 17.0 Å². The molecule has 0 aromatic carbocycles. The van der Waals surface area contributed by atoms with Gasteiger partial charge in [-0.05, 0) is 50.0 Å². The smallest absolute Gasteiger partial charge is 0.0388 e. The van der Waals surface area contributed by atoms with Gasteiger partial charge in [0.1, 0.15) is 0 Å². The third kappa shape index (κ3) is 3.08. The fraction of sp³-hybridized carbons (Fsp3) is 0.714. The van der Waals surface area contributed by atoms with Gasteiger partial charge in [-0.1, -0.05) is 19.4 Å². The molecule has 2 heteroatoms. The Kier molecular flexibility index (Phi) is 4.42. The Morgan fingerprint density at radius 2 is 2.12 bits per heavy atom. The van der Waals surface area contributed by atoms with Crippen LogP contribution in [-0.4, -0.2) is 6.04 Å². The summed E-state index contributed by atoms with van der Waals surface area (Å²) in [7, 11) is 0. The first kappa shape index (κ1) is 12.1. The molecule has 0 amide bonds. The van der Waals surface area contributed by atoms with Crippen LogP contribution in [0, 0.1) is 5.92 Å². The first-order chi connectivity index (χ1) is 7.79. The van der Waals surface area contributed by atoms with Crippen LogP contribution in [0.1, 0.15) is 56.9 Å². The van der Waals surface area contributed by atoms with Crippen LogP contribution in [0.2, 0.25) is 0 Å². The van der Waals surface area contributed by atoms with Gasteiger partial charge in [0.05, 0.1) is 0 Å². The van der Waals surface area contributed by atoms with E-state index in [1.165, 1.54) is 37.0 Å². The Morgan fingerprint density at radius 3 is 2.69 bits per heavy atom. The first-order valence-corrected chi connectivity index (χ1v) is 7.47. The van der Waals surface area contributed by atoms with Crippen molar-refractivity contribution < 1.29 is 0 Å². The molecule has 1 heterocycles. The van der Waals surface area contributed by atoms with E-state index in [0.29, 0.717) is 6.04 Å². The van der Waals surface area contributed by atoms with Gasteiger partial charge < -0.3 is 5.32 Å². The van der Waals surface area contributed by atoms with Gasteiger partial charge in [0.15, 0.2) is 0 Å². The molecule has 1 aromatic heterocycles. The summed E-state index contributed by atoms with van der Waals surface area (Å²) in [5, 5.41) is 5.94. The van der Waals surface area contributed by atoms with Crippen molar-refractivity contribution in [1.29, 1.82) is 0 Å². The zero-order valence-corrected chi connectivity index (χ0v) is 11.2. The molecular formula is C14H23NS. The lowest BCUT2D eigenvalue weighted by Gasteiger charge is -2.30. The zero-order chi connectivity index (χ0) is 11.4. The minimum Gasteiger partial charge on any atom is -0.307 e. The quantitative estimate of drug-likeness (QED) is 0.820. The van der Waals surface area contributed by atoms with Crippen LogP contribution < -0.4 is 5.32 Å². The average Bonchev–Trinajstić information content (AvgIpc) is 2.83. The maximum Gasteiger partial charge on any atom is 0.0388 e. The monoisotopic (exact) mass is 237 g/mol. The summed E-state index contributed by atoms with van der Waals surface area (Å²) >= 11 is 1.86. The third-order valence-electron chi connectivity index (χ3n) is 3.88. The van der Waals surface area contributed by atoms with E-state index in [1.807, 2.05) is 11.3 Å². The van der Waals surface area contributed by atoms with Crippen LogP contribution in [0.3, 0.4) is 0 Å². The summed E-state index contributed by atoms with van der Waals surface area (Å²) < 4.78 is 0. The second-order valence-corrected chi connectivity index (χ2v) is 6.01. The van der Waals surface area contributed by atoms with Crippen molar-refractivity contribution in [3.05, 3.63) is 22.4 Å². The maximum absolute atomic E-state index is 3.78. The largest absolute Gasteiger partial charge is 0.307 e. The Hall–Kier alpha value is -0.340. The lowest BCUT2D eigenvalue weighted by molar-refractivity contribution is 0.274. The molecule has 0 saturated heterocycles. The van der Waals surface area contributed by atoms with Crippen molar-refractivity contribution >= 4 is 11.3 Å². The van der Waals surface area contributed by atoms with Crippen LogP contribution in [0.25, 0.3) is 0 Å². The Labute approximate surface area is 103 Å². The van der Waals surface area contributed by atoms with Crippen LogP contribution in [0.5, 0.6) is 0 Å². The van der Waals surface area contributed by atoms with E-state index in [2.05, 4.69) is 36.7 Å². The molecule has 1 atom stereocenters. The molecule has 1 aliphatic carbocycles. The molecule has 1 fully saturated rings. The number of thiophene rings is 1. The molecule has 1 N–H and O–H groups in total. The molecule has 1 aromatic rings. The molecule has 0 radical (unpaired) electrons. The van der Waals surface area contributed by atoms with Gasteiger partial charge in [0.2, 0.25) is 0 Å². The molecule has 1 unspecified atom stereocenters. The summed E-state index contributed by atoms with van der Waals surface area (Å²) in [6.45, 7) is 4.62. The average molecular weight is 237 g/mol. The first-order valence-electron chi connectivity index (χ1n) is 6.59. The maximum atomic E-state index is 3.78. The standard InChI is InChI=1S/C14H23NS/c1-3-12-6-8-13(9-7-12)15-11(2)14-5-4-10-16-14/h4-5,10-13,15H,3,6-9H2,1-2H3. The lowest BCUT2D eigenvalue weighted by atomic mass is 9.84. The van der Waals surface area contributed by atoms with Crippen LogP contribution >= 0.6 is 11.3 Å². The fourth-order valence-corrected chi connectivity index (χ4v) is 3.45. The Balaban J connectivity index is 1.78. The van der Waals surface area contributed by atoms with Crippen molar-refractivity contribution in [2.45, 2.75) is 58.0 Å². The molecular weight excluding hydrogens is 214 g/mol. The molecule has 90 valence electrons. The summed E-state index contributed by atoms with van der Waals surface area (Å²) in [6, 6.07) is 5.66. The van der Waals surface area contributed by atoms with Gasteiger partial charge in [0.25, 0.3) is 0 Å². The Bertz CT molecular complexity index is 286. The highest BCUT2D eigenvalue weighted by Crippen LogP contribution is 2.28. The number of hydrogen-bond acceptors (Lipinski definition) is 2. The zero-order valence-electron chi connectivity index (χ0n) is 10.4. The van der Waals surface area contributed by atoms with Crippen molar-refractivity contribution in [1.82, 2.24) is 5.32 Å². The number of hydrogen-bond donors (Lipinski definition) is 1. The van der Waals surface area contributed by atoms with Crippen LogP contribution in [0.15, 0.2) is 17.5 Å². The predicted octanol–water partition coefficient (Wildman–Crippen LogP) is 4.37. The van der Waals surface area contributed by atoms with Crippen molar-refractivity contribution in [2.75, 3.05) is 0 Å². The molecule has 0 spiro atoms. The highest BCUT2D eigenvalue weighted by Gasteiger charge is 2.21. The predicted molar refractivity (Wildman–Crippen MR) is 71.9 cm³/mol. The summed E-state index contributed by atoms with van der Waals surface area (Å²) in [4.78, 5) is 1.47. The number of rotatable bonds is 4. The van der Waals surface area contributed by atoms with E-state index in [0.717, 1.165) is 12.0 Å².